The number of likely N-dealkylation sites (tertiary alicyclic amines) is 1. The van der Waals surface area contributed by atoms with Gasteiger partial charge >= 0.3 is 6.03 Å². The number of hydrogen-bond acceptors (Lipinski definition) is 5. The van der Waals surface area contributed by atoms with Crippen molar-refractivity contribution >= 4 is 23.4 Å². The summed E-state index contributed by atoms with van der Waals surface area (Å²) in [5, 5.41) is 11.1. The molecule has 0 bridgehead atoms. The second-order valence-corrected chi connectivity index (χ2v) is 10.1. The zero-order valence-electron chi connectivity index (χ0n) is 22.9. The Labute approximate surface area is 240 Å². The number of amides is 2. The number of benzene rings is 2. The number of halogens is 4. The molecule has 1 fully saturated rings. The van der Waals surface area contributed by atoms with Gasteiger partial charge in [0.25, 0.3) is 0 Å². The van der Waals surface area contributed by atoms with Crippen molar-refractivity contribution in [3.8, 4) is 16.9 Å². The molecule has 5 rings (SSSR count). The Bertz CT molecular complexity index is 1520. The number of aromatic nitrogens is 4. The number of hydrogen-bond donors (Lipinski definition) is 2. The van der Waals surface area contributed by atoms with E-state index < -0.39 is 23.5 Å². The summed E-state index contributed by atoms with van der Waals surface area (Å²) in [6.07, 6.45) is 4.45. The summed E-state index contributed by atoms with van der Waals surface area (Å²) in [6, 6.07) is 7.64. The predicted molar refractivity (Wildman–Crippen MR) is 151 cm³/mol. The van der Waals surface area contributed by atoms with E-state index in [0.717, 1.165) is 37.2 Å². The lowest BCUT2D eigenvalue weighted by Crippen LogP contribution is -2.24. The molecule has 1 aliphatic rings. The van der Waals surface area contributed by atoms with E-state index in [1.807, 2.05) is 0 Å². The first-order valence-electron chi connectivity index (χ1n) is 12.8. The van der Waals surface area contributed by atoms with E-state index in [4.69, 9.17) is 22.1 Å². The summed E-state index contributed by atoms with van der Waals surface area (Å²) >= 11 is 5.85. The number of nitrogens with two attached hydrogens (primary N) is 1. The highest BCUT2D eigenvalue weighted by atomic mass is 35.5. The van der Waals surface area contributed by atoms with Crippen molar-refractivity contribution in [3.05, 3.63) is 82.4 Å². The van der Waals surface area contributed by atoms with E-state index in [-0.39, 0.29) is 5.02 Å². The zero-order chi connectivity index (χ0) is 29.7. The molecular formula is C28H31ClF3N7O2. The Hall–Kier alpha value is -3.87. The van der Waals surface area contributed by atoms with Crippen LogP contribution in [0.15, 0.2) is 48.8 Å². The first-order chi connectivity index (χ1) is 19.6. The van der Waals surface area contributed by atoms with Crippen LogP contribution >= 0.6 is 11.6 Å². The van der Waals surface area contributed by atoms with Gasteiger partial charge in [0.05, 0.1) is 23.5 Å². The molecule has 0 spiro atoms. The molecule has 0 radical (unpaired) electrons. The minimum Gasteiger partial charge on any atom is -0.383 e. The van der Waals surface area contributed by atoms with Crippen LogP contribution in [0.5, 0.6) is 0 Å². The molecule has 218 valence electrons. The fourth-order valence-corrected chi connectivity index (χ4v) is 4.85. The van der Waals surface area contributed by atoms with Gasteiger partial charge in [-0.05, 0) is 61.7 Å². The van der Waals surface area contributed by atoms with Crippen molar-refractivity contribution in [1.82, 2.24) is 24.5 Å². The molecule has 13 heteroatoms. The largest absolute Gasteiger partial charge is 0.383 e. The van der Waals surface area contributed by atoms with Gasteiger partial charge in [-0.3, -0.25) is 10.00 Å². The maximum Gasteiger partial charge on any atom is 0.317 e. The van der Waals surface area contributed by atoms with Crippen LogP contribution in [0.2, 0.25) is 5.02 Å². The van der Waals surface area contributed by atoms with Crippen LogP contribution in [0, 0.1) is 24.4 Å². The normalized spacial score (nSPS) is 15.0. The molecule has 1 saturated heterocycles. The fourth-order valence-electron chi connectivity index (χ4n) is 4.68. The maximum absolute atomic E-state index is 13.4. The number of nitrogens with one attached hydrogen (secondary N) is 1. The number of ether oxygens (including phenoxy) is 1. The molecule has 4 aromatic rings. The minimum absolute atomic E-state index is 0.0476. The molecule has 1 unspecified atom stereocenters. The van der Waals surface area contributed by atoms with Gasteiger partial charge in [-0.25, -0.2) is 22.6 Å². The Balaban J connectivity index is 0.000000201. The standard InChI is InChI=1S/C15H14ClFN6O.C13H17F2NO/c1-8-13(9-6-19-22(2)7-9)21-23(14(8)20-15(18)24)10-3-4-12(17)11(16)5-10;1-17-7-6-16-5-4-11(9-16)10-2-3-12(14)13(15)8-10/h3-7H,1-2H3,(H3,18,20,24);2-3,8,11H,4-7,9H2,1H3. The number of anilines is 1. The highest BCUT2D eigenvalue weighted by molar-refractivity contribution is 6.30. The van der Waals surface area contributed by atoms with Gasteiger partial charge in [-0.15, -0.1) is 0 Å². The Morgan fingerprint density at radius 2 is 1.93 bits per heavy atom. The van der Waals surface area contributed by atoms with Crippen LogP contribution in [0.25, 0.3) is 16.9 Å². The van der Waals surface area contributed by atoms with Crippen molar-refractivity contribution in [2.45, 2.75) is 19.3 Å². The van der Waals surface area contributed by atoms with Crippen LogP contribution < -0.4 is 11.1 Å². The molecule has 3 N–H and O–H groups in total. The van der Waals surface area contributed by atoms with E-state index in [9.17, 15) is 18.0 Å². The van der Waals surface area contributed by atoms with Crippen molar-refractivity contribution in [3.63, 3.8) is 0 Å². The zero-order valence-corrected chi connectivity index (χ0v) is 23.6. The molecule has 2 amide bonds. The van der Waals surface area contributed by atoms with Crippen molar-refractivity contribution in [2.24, 2.45) is 12.8 Å². The lowest BCUT2D eigenvalue weighted by molar-refractivity contribution is 0.160. The molecule has 0 saturated carbocycles. The Morgan fingerprint density at radius 3 is 2.56 bits per heavy atom. The number of methoxy groups -OCH3 is 1. The van der Waals surface area contributed by atoms with E-state index in [2.05, 4.69) is 20.4 Å². The smallest absolute Gasteiger partial charge is 0.317 e. The molecule has 1 aliphatic heterocycles. The number of urea groups is 1. The topological polar surface area (TPSA) is 103 Å². The van der Waals surface area contributed by atoms with Gasteiger partial charge < -0.3 is 15.4 Å². The van der Waals surface area contributed by atoms with Crippen molar-refractivity contribution < 1.29 is 22.7 Å². The quantitative estimate of drug-likeness (QED) is 0.306. The SMILES string of the molecule is COCCN1CCC(c2ccc(F)c(F)c2)C1.Cc1c(-c2cnn(C)c2)nn(-c2ccc(F)c(Cl)c2)c1NC(N)=O. The van der Waals surface area contributed by atoms with Gasteiger partial charge in [0.2, 0.25) is 0 Å². The third kappa shape index (κ3) is 7.26. The highest BCUT2D eigenvalue weighted by Crippen LogP contribution is 2.31. The van der Waals surface area contributed by atoms with Crippen LogP contribution in [0.1, 0.15) is 23.5 Å². The van der Waals surface area contributed by atoms with Gasteiger partial charge in [0.1, 0.15) is 17.3 Å². The summed E-state index contributed by atoms with van der Waals surface area (Å²) in [5.41, 5.74) is 8.72. The van der Waals surface area contributed by atoms with Crippen LogP contribution in [0.4, 0.5) is 23.8 Å². The van der Waals surface area contributed by atoms with E-state index in [0.29, 0.717) is 35.3 Å². The second kappa shape index (κ2) is 13.2. The molecule has 41 heavy (non-hydrogen) atoms. The maximum atomic E-state index is 13.4. The summed E-state index contributed by atoms with van der Waals surface area (Å²) in [4.78, 5) is 13.6. The van der Waals surface area contributed by atoms with Crippen LogP contribution in [-0.4, -0.2) is 63.8 Å². The summed E-state index contributed by atoms with van der Waals surface area (Å²) < 4.78 is 47.5. The van der Waals surface area contributed by atoms with Gasteiger partial charge in [0, 0.05) is 44.6 Å². The Morgan fingerprint density at radius 1 is 1.17 bits per heavy atom. The monoisotopic (exact) mass is 589 g/mol. The Kier molecular flexibility index (Phi) is 9.69. The number of carbonyl (C=O) groups excluding carboxylic acids is 1. The summed E-state index contributed by atoms with van der Waals surface area (Å²) in [6.45, 7) is 5.30. The number of primary amides is 1. The third-order valence-corrected chi connectivity index (χ3v) is 7.08. The van der Waals surface area contributed by atoms with Crippen LogP contribution in [-0.2, 0) is 11.8 Å². The van der Waals surface area contributed by atoms with Crippen molar-refractivity contribution in [2.75, 3.05) is 38.7 Å². The lowest BCUT2D eigenvalue weighted by atomic mass is 9.98. The molecule has 1 atom stereocenters. The van der Waals surface area contributed by atoms with Gasteiger partial charge in [-0.1, -0.05) is 17.7 Å². The molecule has 9 nitrogen and oxygen atoms in total. The number of carbonyl (C=O) groups is 1. The number of aryl methyl sites for hydroxylation is 1. The van der Waals surface area contributed by atoms with Gasteiger partial charge in [0.15, 0.2) is 11.6 Å². The molecule has 3 heterocycles. The summed E-state index contributed by atoms with van der Waals surface area (Å²) in [7, 11) is 3.47. The average molecular weight is 590 g/mol. The van der Waals surface area contributed by atoms with E-state index in [1.165, 1.54) is 35.0 Å². The molecule has 0 aliphatic carbocycles. The number of nitrogens with zero attached hydrogens (tertiary/aromatic N) is 5. The second-order valence-electron chi connectivity index (χ2n) is 9.68. The van der Waals surface area contributed by atoms with Crippen molar-refractivity contribution in [1.29, 1.82) is 0 Å². The fraction of sp³-hybridized carbons (Fsp3) is 0.321. The summed E-state index contributed by atoms with van der Waals surface area (Å²) in [5.74, 6) is -1.38. The van der Waals surface area contributed by atoms with E-state index >= 15 is 0 Å². The predicted octanol–water partition coefficient (Wildman–Crippen LogP) is 5.26. The lowest BCUT2D eigenvalue weighted by Gasteiger charge is -2.15. The first kappa shape index (κ1) is 30.1. The highest BCUT2D eigenvalue weighted by Gasteiger charge is 2.24. The van der Waals surface area contributed by atoms with Crippen LogP contribution in [0.3, 0.4) is 0 Å². The average Bonchev–Trinajstić information content (AvgIpc) is 3.66. The third-order valence-electron chi connectivity index (χ3n) is 6.79. The molecule has 2 aromatic carbocycles. The number of rotatable bonds is 7. The minimum atomic E-state index is -0.775. The molecule has 2 aromatic heterocycles. The first-order valence-corrected chi connectivity index (χ1v) is 13.2. The van der Waals surface area contributed by atoms with Gasteiger partial charge in [-0.2, -0.15) is 10.2 Å². The van der Waals surface area contributed by atoms with E-state index in [1.54, 1.807) is 44.2 Å². The molecular weight excluding hydrogens is 559 g/mol.